The van der Waals surface area contributed by atoms with Crippen LogP contribution in [0.1, 0.15) is 0 Å². The lowest BCUT2D eigenvalue weighted by Gasteiger charge is -2.41. The molecule has 0 aliphatic heterocycles. The van der Waals surface area contributed by atoms with E-state index in [0.29, 0.717) is 5.02 Å². The number of halogens is 1. The number of aliphatic hydroxyl groups is 1. The first-order valence-corrected chi connectivity index (χ1v) is 8.57. The molecule has 0 radical (unpaired) electrons. The lowest BCUT2D eigenvalue weighted by Crippen LogP contribution is -2.34. The molecule has 0 saturated carbocycles. The van der Waals surface area contributed by atoms with Crippen molar-refractivity contribution in [3.63, 3.8) is 0 Å². The molecule has 0 spiro atoms. The minimum atomic E-state index is -5.78. The van der Waals surface area contributed by atoms with Gasteiger partial charge in [0.2, 0.25) is 4.42 Å². The number of thioether (sulfide) groups is 1. The molecule has 0 fully saturated rings. The van der Waals surface area contributed by atoms with E-state index in [-0.39, 0.29) is 16.7 Å². The van der Waals surface area contributed by atoms with E-state index in [0.717, 1.165) is 0 Å². The summed E-state index contributed by atoms with van der Waals surface area (Å²) in [5.41, 5.74) is 0. The van der Waals surface area contributed by atoms with Gasteiger partial charge in [0.1, 0.15) is 0 Å². The van der Waals surface area contributed by atoms with E-state index < -0.39 is 19.6 Å². The second kappa shape index (κ2) is 5.25. The van der Waals surface area contributed by atoms with E-state index in [1.165, 1.54) is 24.3 Å². The Balaban J connectivity index is 3.20. The molecule has 0 bridgehead atoms. The highest BCUT2D eigenvalue weighted by Gasteiger charge is 2.48. The number of benzene rings is 1. The van der Waals surface area contributed by atoms with E-state index in [9.17, 15) is 24.0 Å². The summed E-state index contributed by atoms with van der Waals surface area (Å²) in [7, 11) is -11.6. The summed E-state index contributed by atoms with van der Waals surface area (Å²) in [5, 5.41) is 9.78. The summed E-state index contributed by atoms with van der Waals surface area (Å²) >= 11 is 5.42. The van der Waals surface area contributed by atoms with Crippen molar-refractivity contribution in [1.82, 2.24) is 0 Å². The summed E-state index contributed by atoms with van der Waals surface area (Å²) in [6.07, 6.45) is 0. The average Bonchev–Trinajstić information content (AvgIpc) is 2.18. The van der Waals surface area contributed by atoms with Crippen LogP contribution in [-0.2, 0) is 9.13 Å². The Morgan fingerprint density at radius 3 is 1.83 bits per heavy atom. The minimum absolute atomic E-state index is 0.0304. The van der Waals surface area contributed by atoms with Crippen LogP contribution in [-0.4, -0.2) is 19.3 Å². The molecule has 1 aromatic carbocycles. The third-order valence-corrected chi connectivity index (χ3v) is 7.76. The molecule has 0 aliphatic rings. The van der Waals surface area contributed by atoms with Crippen LogP contribution < -0.4 is 9.79 Å². The molecule has 18 heavy (non-hydrogen) atoms. The van der Waals surface area contributed by atoms with Gasteiger partial charge in [-0.3, -0.25) is 0 Å². The van der Waals surface area contributed by atoms with Crippen molar-refractivity contribution in [2.45, 2.75) is 9.31 Å². The van der Waals surface area contributed by atoms with Gasteiger partial charge in [-0.2, -0.15) is 0 Å². The number of hydrogen-bond donors (Lipinski definition) is 3. The monoisotopic (exact) mass is 332 g/mol. The summed E-state index contributed by atoms with van der Waals surface area (Å²) in [6, 6.07) is 5.04. The van der Waals surface area contributed by atoms with Crippen molar-refractivity contribution in [2.24, 2.45) is 0 Å². The standard InChI is InChI=1S/C7H9ClO7P2S/c8-5-1-3-6(4-2-5)18-7(9,16(10,11)12)17(13,14)15/h1-4,9H,(H2,10,11,12)(H2,13,14,15)/p-2. The predicted molar refractivity (Wildman–Crippen MR) is 61.9 cm³/mol. The highest BCUT2D eigenvalue weighted by molar-refractivity contribution is 8.12. The normalized spacial score (nSPS) is 21.7. The van der Waals surface area contributed by atoms with Gasteiger partial charge in [-0.25, -0.2) is 0 Å². The van der Waals surface area contributed by atoms with Gasteiger partial charge in [0.25, 0.3) is 0 Å². The number of rotatable bonds is 4. The van der Waals surface area contributed by atoms with E-state index in [4.69, 9.17) is 21.4 Å². The average molecular weight is 333 g/mol. The van der Waals surface area contributed by atoms with E-state index in [1.807, 2.05) is 0 Å². The van der Waals surface area contributed by atoms with Crippen LogP contribution in [0.5, 0.6) is 0 Å². The van der Waals surface area contributed by atoms with Gasteiger partial charge in [0, 0.05) is 9.92 Å². The van der Waals surface area contributed by atoms with Crippen molar-refractivity contribution in [2.75, 3.05) is 0 Å². The molecule has 102 valence electrons. The highest BCUT2D eigenvalue weighted by atomic mass is 35.5. The van der Waals surface area contributed by atoms with Crippen LogP contribution in [0, 0.1) is 0 Å². The van der Waals surface area contributed by atoms with Crippen LogP contribution in [0.4, 0.5) is 0 Å². The quantitative estimate of drug-likeness (QED) is 0.401. The molecule has 7 nitrogen and oxygen atoms in total. The van der Waals surface area contributed by atoms with Crippen LogP contribution >= 0.6 is 38.6 Å². The molecule has 0 aliphatic carbocycles. The largest absolute Gasteiger partial charge is 0.776 e. The van der Waals surface area contributed by atoms with Crippen molar-refractivity contribution in [1.29, 1.82) is 0 Å². The van der Waals surface area contributed by atoms with Gasteiger partial charge in [0.05, 0.1) is 0 Å². The Morgan fingerprint density at radius 2 is 1.50 bits per heavy atom. The lowest BCUT2D eigenvalue weighted by molar-refractivity contribution is -0.218. The van der Waals surface area contributed by atoms with Gasteiger partial charge >= 0.3 is 0 Å². The summed E-state index contributed by atoms with van der Waals surface area (Å²) in [4.78, 5) is 39.3. The highest BCUT2D eigenvalue weighted by Crippen LogP contribution is 2.70. The molecule has 0 amide bonds. The Bertz CT molecular complexity index is 499. The maximum absolute atomic E-state index is 10.9. The second-order valence-corrected chi connectivity index (χ2v) is 9.21. The first kappa shape index (κ1) is 16.2. The van der Waals surface area contributed by atoms with Gasteiger partial charge in [-0.05, 0) is 24.3 Å². The molecule has 2 unspecified atom stereocenters. The van der Waals surface area contributed by atoms with Crippen LogP contribution in [0.2, 0.25) is 5.02 Å². The summed E-state index contributed by atoms with van der Waals surface area (Å²) < 4.78 is 18.1. The molecule has 1 rings (SSSR count). The zero-order valence-electron chi connectivity index (χ0n) is 8.46. The zero-order valence-corrected chi connectivity index (χ0v) is 11.8. The fourth-order valence-corrected chi connectivity index (χ4v) is 4.48. The molecule has 2 atom stereocenters. The van der Waals surface area contributed by atoms with Gasteiger partial charge in [-0.1, -0.05) is 23.4 Å². The molecular weight excluding hydrogens is 326 g/mol. The topological polar surface area (TPSA) is 141 Å². The van der Waals surface area contributed by atoms with Crippen molar-refractivity contribution in [3.8, 4) is 0 Å². The van der Waals surface area contributed by atoms with E-state index in [2.05, 4.69) is 0 Å². The Kier molecular flexibility index (Phi) is 4.71. The first-order valence-electron chi connectivity index (χ1n) is 4.22. The van der Waals surface area contributed by atoms with Gasteiger partial charge in [-0.15, -0.1) is 0 Å². The predicted octanol–water partition coefficient (Wildman–Crippen LogP) is 0.127. The molecule has 0 heterocycles. The molecule has 0 aromatic heterocycles. The first-order chi connectivity index (χ1) is 7.97. The summed E-state index contributed by atoms with van der Waals surface area (Å²) in [5.74, 6) is 0. The number of hydrogen-bond acceptors (Lipinski definition) is 6. The van der Waals surface area contributed by atoms with E-state index >= 15 is 0 Å². The summed E-state index contributed by atoms with van der Waals surface area (Å²) in [6.45, 7) is 0. The Morgan fingerprint density at radius 1 is 1.11 bits per heavy atom. The SMILES string of the molecule is O=P([O-])(O)C(O)(Sc1ccc(Cl)cc1)P(=O)([O-])O. The van der Waals surface area contributed by atoms with Crippen molar-refractivity contribution in [3.05, 3.63) is 29.3 Å². The van der Waals surface area contributed by atoms with Crippen molar-refractivity contribution >= 4 is 38.6 Å². The second-order valence-electron chi connectivity index (χ2n) is 3.17. The van der Waals surface area contributed by atoms with Crippen LogP contribution in [0.3, 0.4) is 0 Å². The Hall–Kier alpha value is 0.120. The fourth-order valence-electron chi connectivity index (χ4n) is 0.936. The van der Waals surface area contributed by atoms with Crippen LogP contribution in [0.15, 0.2) is 29.2 Å². The smallest absolute Gasteiger partial charge is 0.243 e. The van der Waals surface area contributed by atoms with E-state index in [1.54, 1.807) is 0 Å². The molecule has 11 heteroatoms. The third kappa shape index (κ3) is 3.36. The zero-order chi connectivity index (χ0) is 14.2. The maximum Gasteiger partial charge on any atom is 0.243 e. The fraction of sp³-hybridized carbons (Fsp3) is 0.143. The molecular formula is C7H7ClO7P2S-2. The van der Waals surface area contributed by atoms with Crippen molar-refractivity contribution < 1.29 is 33.8 Å². The third-order valence-electron chi connectivity index (χ3n) is 1.80. The van der Waals surface area contributed by atoms with Gasteiger partial charge in [0.15, 0.2) is 15.2 Å². The van der Waals surface area contributed by atoms with Crippen LogP contribution in [0.25, 0.3) is 0 Å². The molecule has 3 N–H and O–H groups in total. The molecule has 1 aromatic rings. The maximum atomic E-state index is 10.9. The van der Waals surface area contributed by atoms with Gasteiger partial charge < -0.3 is 33.8 Å². The minimum Gasteiger partial charge on any atom is -0.776 e. The molecule has 0 saturated heterocycles. The Labute approximate surface area is 111 Å². The lowest BCUT2D eigenvalue weighted by atomic mass is 10.4.